The van der Waals surface area contributed by atoms with Gasteiger partial charge in [0, 0.05) is 17.9 Å². The maximum absolute atomic E-state index is 12.7. The average Bonchev–Trinajstić information content (AvgIpc) is 3.45. The smallest absolute Gasteiger partial charge is 0.226 e. The van der Waals surface area contributed by atoms with Crippen molar-refractivity contribution in [1.82, 2.24) is 14.8 Å². The minimum Gasteiger partial charge on any atom is -0.497 e. The average molecular weight is 467 g/mol. The van der Waals surface area contributed by atoms with Gasteiger partial charge in [-0.2, -0.15) is 9.78 Å². The molecule has 0 aliphatic carbocycles. The molecule has 0 unspecified atom stereocenters. The number of hydrogen-bond acceptors (Lipinski definition) is 8. The zero-order valence-electron chi connectivity index (χ0n) is 18.5. The summed E-state index contributed by atoms with van der Waals surface area (Å²) in [6.07, 6.45) is 2.05. The Labute approximate surface area is 193 Å². The lowest BCUT2D eigenvalue weighted by Crippen LogP contribution is -2.24. The van der Waals surface area contributed by atoms with Crippen molar-refractivity contribution < 1.29 is 23.7 Å². The molecule has 10 heteroatoms. The van der Waals surface area contributed by atoms with Gasteiger partial charge in [0.2, 0.25) is 16.8 Å². The first-order chi connectivity index (χ1) is 16.1. The van der Waals surface area contributed by atoms with Crippen LogP contribution in [0.4, 0.5) is 5.82 Å². The zero-order chi connectivity index (χ0) is 23.1. The minimum absolute atomic E-state index is 0.106. The molecule has 5 rings (SSSR count). The summed E-state index contributed by atoms with van der Waals surface area (Å²) in [5.41, 5.74) is 2.60. The Kier molecular flexibility index (Phi) is 5.29. The Balaban J connectivity index is 1.60. The molecule has 2 aromatic heterocycles. The van der Waals surface area contributed by atoms with Crippen LogP contribution in [0.5, 0.6) is 23.0 Å². The first kappa shape index (κ1) is 21.1. The van der Waals surface area contributed by atoms with Crippen molar-refractivity contribution in [2.75, 3.05) is 33.8 Å². The van der Waals surface area contributed by atoms with Gasteiger partial charge in [0.15, 0.2) is 11.5 Å². The summed E-state index contributed by atoms with van der Waals surface area (Å²) >= 11 is 1.47. The number of ether oxygens (including phenoxy) is 4. The highest BCUT2D eigenvalue weighted by atomic mass is 32.1. The van der Waals surface area contributed by atoms with E-state index in [0.29, 0.717) is 28.2 Å². The first-order valence-electron chi connectivity index (χ1n) is 10.2. The summed E-state index contributed by atoms with van der Waals surface area (Å²) in [6.45, 7) is 0. The number of aromatic nitrogens is 3. The Bertz CT molecular complexity index is 1340. The minimum atomic E-state index is -0.231. The zero-order valence-corrected chi connectivity index (χ0v) is 19.4. The molecule has 1 aliphatic heterocycles. The normalized spacial score (nSPS) is 15.2. The summed E-state index contributed by atoms with van der Waals surface area (Å²) in [7, 11) is 6.33. The quantitative estimate of drug-likeness (QED) is 0.459. The van der Waals surface area contributed by atoms with Crippen LogP contribution < -0.4 is 24.3 Å². The second-order valence-corrected chi connectivity index (χ2v) is 8.46. The number of amides is 1. The van der Waals surface area contributed by atoms with E-state index in [1.807, 2.05) is 30.3 Å². The summed E-state index contributed by atoms with van der Waals surface area (Å²) < 4.78 is 24.4. The van der Waals surface area contributed by atoms with Gasteiger partial charge in [-0.05, 0) is 35.9 Å². The van der Waals surface area contributed by atoms with Gasteiger partial charge in [-0.25, -0.2) is 4.98 Å². The van der Waals surface area contributed by atoms with Gasteiger partial charge in [-0.1, -0.05) is 11.3 Å². The van der Waals surface area contributed by atoms with Gasteiger partial charge in [0.25, 0.3) is 0 Å². The van der Waals surface area contributed by atoms with Crippen LogP contribution in [0.1, 0.15) is 23.5 Å². The number of thiazole rings is 1. The van der Waals surface area contributed by atoms with Crippen molar-refractivity contribution in [3.63, 3.8) is 0 Å². The number of fused-ring (bicyclic) bond motifs is 2. The van der Waals surface area contributed by atoms with E-state index < -0.39 is 0 Å². The van der Waals surface area contributed by atoms with E-state index in [2.05, 4.69) is 10.4 Å². The molecule has 1 aliphatic rings. The third kappa shape index (κ3) is 3.52. The van der Waals surface area contributed by atoms with E-state index in [1.165, 1.54) is 11.3 Å². The van der Waals surface area contributed by atoms with Gasteiger partial charge in [-0.3, -0.25) is 4.79 Å². The van der Waals surface area contributed by atoms with Crippen molar-refractivity contribution in [3.8, 4) is 28.1 Å². The van der Waals surface area contributed by atoms with Crippen molar-refractivity contribution in [1.29, 1.82) is 0 Å². The molecule has 1 N–H and O–H groups in total. The molecule has 9 nitrogen and oxygen atoms in total. The Hall–Kier alpha value is -3.79. The highest BCUT2D eigenvalue weighted by Gasteiger charge is 2.32. The van der Waals surface area contributed by atoms with Crippen LogP contribution in [-0.2, 0) is 4.79 Å². The van der Waals surface area contributed by atoms with Crippen molar-refractivity contribution in [2.24, 2.45) is 0 Å². The number of hydrogen-bond donors (Lipinski definition) is 1. The summed E-state index contributed by atoms with van der Waals surface area (Å²) in [5.74, 6) is 2.60. The highest BCUT2D eigenvalue weighted by Crippen LogP contribution is 2.45. The van der Waals surface area contributed by atoms with E-state index in [0.717, 1.165) is 27.1 Å². The summed E-state index contributed by atoms with van der Waals surface area (Å²) in [4.78, 5) is 17.4. The van der Waals surface area contributed by atoms with Crippen LogP contribution in [0.3, 0.4) is 0 Å². The van der Waals surface area contributed by atoms with Gasteiger partial charge in [0.05, 0.1) is 44.9 Å². The number of rotatable bonds is 6. The van der Waals surface area contributed by atoms with E-state index in [1.54, 1.807) is 39.3 Å². The molecule has 0 saturated heterocycles. The molecule has 1 atom stereocenters. The third-order valence-electron chi connectivity index (χ3n) is 5.68. The van der Waals surface area contributed by atoms with Crippen molar-refractivity contribution in [2.45, 2.75) is 12.3 Å². The van der Waals surface area contributed by atoms with Crippen LogP contribution in [0.25, 0.3) is 15.3 Å². The van der Waals surface area contributed by atoms with Crippen LogP contribution in [0.2, 0.25) is 0 Å². The number of anilines is 1. The molecule has 0 spiro atoms. The molecule has 2 aromatic carbocycles. The largest absolute Gasteiger partial charge is 0.497 e. The number of nitrogens with one attached hydrogen (secondary N) is 1. The topological polar surface area (TPSA) is 96.7 Å². The van der Waals surface area contributed by atoms with E-state index in [9.17, 15) is 4.79 Å². The predicted octanol–water partition coefficient (Wildman–Crippen LogP) is 3.99. The van der Waals surface area contributed by atoms with Crippen LogP contribution in [0.15, 0.2) is 36.5 Å². The molecule has 3 heterocycles. The SMILES string of the molecule is COc1ccc2nc(-n3ncc4c3NC(=O)C[C@H]4c3cc(OC)c(OC)c(OC)c3)sc2c1. The predicted molar refractivity (Wildman–Crippen MR) is 124 cm³/mol. The molecular weight excluding hydrogens is 444 g/mol. The lowest BCUT2D eigenvalue weighted by molar-refractivity contribution is -0.116. The van der Waals surface area contributed by atoms with Gasteiger partial charge in [0.1, 0.15) is 11.6 Å². The molecule has 4 aromatic rings. The maximum Gasteiger partial charge on any atom is 0.226 e. The van der Waals surface area contributed by atoms with Crippen molar-refractivity contribution in [3.05, 3.63) is 47.7 Å². The van der Waals surface area contributed by atoms with E-state index in [4.69, 9.17) is 23.9 Å². The number of nitrogens with zero attached hydrogens (tertiary/aromatic N) is 3. The lowest BCUT2D eigenvalue weighted by Gasteiger charge is -2.24. The molecule has 1 amide bonds. The Morgan fingerprint density at radius 3 is 2.45 bits per heavy atom. The molecule has 0 saturated carbocycles. The Morgan fingerprint density at radius 2 is 1.79 bits per heavy atom. The standard InChI is InChI=1S/C23H22N4O5S/c1-29-13-5-6-16-19(9-13)33-23(25-16)27-22-15(11-24-27)14(10-20(28)26-22)12-7-17(30-2)21(32-4)18(8-12)31-3/h5-9,11,14H,10H2,1-4H3,(H,26,28)/t14-/m0/s1. The fourth-order valence-electron chi connectivity index (χ4n) is 4.08. The molecule has 33 heavy (non-hydrogen) atoms. The lowest BCUT2D eigenvalue weighted by atomic mass is 9.87. The van der Waals surface area contributed by atoms with E-state index in [-0.39, 0.29) is 18.2 Å². The summed E-state index contributed by atoms with van der Waals surface area (Å²) in [6, 6.07) is 9.45. The van der Waals surface area contributed by atoms with Crippen LogP contribution >= 0.6 is 11.3 Å². The van der Waals surface area contributed by atoms with Crippen molar-refractivity contribution >= 4 is 33.3 Å². The fraction of sp³-hybridized carbons (Fsp3) is 0.261. The monoisotopic (exact) mass is 466 g/mol. The number of carbonyl (C=O) groups is 1. The fourth-order valence-corrected chi connectivity index (χ4v) is 5.03. The van der Waals surface area contributed by atoms with Gasteiger partial charge < -0.3 is 24.3 Å². The molecule has 0 bridgehead atoms. The van der Waals surface area contributed by atoms with E-state index >= 15 is 0 Å². The third-order valence-corrected chi connectivity index (χ3v) is 6.67. The second-order valence-electron chi connectivity index (χ2n) is 7.45. The molecule has 170 valence electrons. The number of carbonyl (C=O) groups excluding carboxylic acids is 1. The molecular formula is C23H22N4O5S. The number of benzene rings is 2. The molecule has 0 fully saturated rings. The molecule has 0 radical (unpaired) electrons. The Morgan fingerprint density at radius 1 is 1.03 bits per heavy atom. The maximum atomic E-state index is 12.7. The van der Waals surface area contributed by atoms with Gasteiger partial charge in [-0.15, -0.1) is 0 Å². The highest BCUT2D eigenvalue weighted by molar-refractivity contribution is 7.20. The van der Waals surface area contributed by atoms with Crippen LogP contribution in [-0.4, -0.2) is 49.1 Å². The van der Waals surface area contributed by atoms with Gasteiger partial charge >= 0.3 is 0 Å². The first-order valence-corrected chi connectivity index (χ1v) is 11.0. The second kappa shape index (κ2) is 8.28. The number of methoxy groups -OCH3 is 4. The van der Waals surface area contributed by atoms with Crippen LogP contribution in [0, 0.1) is 0 Å². The summed E-state index contributed by atoms with van der Waals surface area (Å²) in [5, 5.41) is 8.19.